The van der Waals surface area contributed by atoms with Gasteiger partial charge in [-0.1, -0.05) is 12.1 Å². The van der Waals surface area contributed by atoms with Crippen molar-refractivity contribution < 1.29 is 12.8 Å². The van der Waals surface area contributed by atoms with Crippen LogP contribution in [-0.4, -0.2) is 24.6 Å². The van der Waals surface area contributed by atoms with E-state index in [0.29, 0.717) is 5.56 Å². The summed E-state index contributed by atoms with van der Waals surface area (Å²) in [6.07, 6.45) is 0.957. The highest BCUT2D eigenvalue weighted by Gasteiger charge is 2.17. The molecule has 0 unspecified atom stereocenters. The minimum atomic E-state index is -3.60. The highest BCUT2D eigenvalue weighted by Crippen LogP contribution is 2.30. The average Bonchev–Trinajstić information content (AvgIpc) is 2.29. The van der Waals surface area contributed by atoms with Gasteiger partial charge >= 0.3 is 0 Å². The minimum absolute atomic E-state index is 0.0699. The number of nitrogens with zero attached hydrogens (tertiary/aromatic N) is 2. The van der Waals surface area contributed by atoms with Gasteiger partial charge in [-0.25, -0.2) is 22.8 Å². The van der Waals surface area contributed by atoms with Crippen LogP contribution in [-0.2, 0) is 9.84 Å². The molecule has 0 fully saturated rings. The summed E-state index contributed by atoms with van der Waals surface area (Å²) in [6, 6.07) is 5.39. The Balaban J connectivity index is 2.63. The number of aromatic nitrogens is 2. The van der Waals surface area contributed by atoms with Crippen LogP contribution in [0.15, 0.2) is 29.4 Å². The van der Waals surface area contributed by atoms with Crippen LogP contribution in [0.25, 0.3) is 11.1 Å². The quantitative estimate of drug-likeness (QED) is 0.790. The Kier molecular flexibility index (Phi) is 3.11. The summed E-state index contributed by atoms with van der Waals surface area (Å²) in [5.74, 6) is -0.548. The highest BCUT2D eigenvalue weighted by atomic mass is 32.2. The van der Waals surface area contributed by atoms with E-state index in [-0.39, 0.29) is 17.2 Å². The predicted octanol–water partition coefficient (Wildman–Crippen LogP) is 0.851. The zero-order valence-corrected chi connectivity index (χ0v) is 10.8. The Bertz CT molecular complexity index is 706. The Morgan fingerprint density at radius 2 is 1.53 bits per heavy atom. The van der Waals surface area contributed by atoms with Gasteiger partial charge in [-0.15, -0.1) is 0 Å². The smallest absolute Gasteiger partial charge is 0.250 e. The monoisotopic (exact) mass is 282 g/mol. The number of anilines is 2. The Morgan fingerprint density at radius 1 is 1.05 bits per heavy atom. The summed E-state index contributed by atoms with van der Waals surface area (Å²) in [5.41, 5.74) is 12.2. The molecule has 0 spiro atoms. The molecule has 0 aliphatic heterocycles. The molecule has 19 heavy (non-hydrogen) atoms. The van der Waals surface area contributed by atoms with Crippen LogP contribution >= 0.6 is 0 Å². The van der Waals surface area contributed by atoms with E-state index in [1.807, 2.05) is 0 Å². The third-order valence-electron chi connectivity index (χ3n) is 2.41. The molecule has 0 amide bonds. The van der Waals surface area contributed by atoms with Crippen LogP contribution in [0.2, 0.25) is 0 Å². The molecule has 0 aliphatic rings. The summed E-state index contributed by atoms with van der Waals surface area (Å²) in [5, 5.41) is -0.437. The van der Waals surface area contributed by atoms with E-state index in [2.05, 4.69) is 9.97 Å². The van der Waals surface area contributed by atoms with Crippen LogP contribution in [0.4, 0.5) is 16.0 Å². The Labute approximate surface area is 109 Å². The number of halogens is 1. The number of sulfone groups is 1. The van der Waals surface area contributed by atoms with Crippen LogP contribution in [0.5, 0.6) is 0 Å². The van der Waals surface area contributed by atoms with Crippen LogP contribution in [0.3, 0.4) is 0 Å². The van der Waals surface area contributed by atoms with Gasteiger partial charge in [-0.3, -0.25) is 0 Å². The molecule has 0 saturated carbocycles. The third kappa shape index (κ3) is 2.63. The Hall–Kier alpha value is -2.22. The van der Waals surface area contributed by atoms with Crippen molar-refractivity contribution >= 4 is 21.5 Å². The van der Waals surface area contributed by atoms with Crippen LogP contribution in [0, 0.1) is 5.82 Å². The molecule has 6 nitrogen and oxygen atoms in total. The third-order valence-corrected chi connectivity index (χ3v) is 3.25. The molecule has 8 heteroatoms. The number of rotatable bonds is 2. The van der Waals surface area contributed by atoms with Crippen molar-refractivity contribution in [2.45, 2.75) is 5.16 Å². The first kappa shape index (κ1) is 13.2. The lowest BCUT2D eigenvalue weighted by Crippen LogP contribution is -2.10. The van der Waals surface area contributed by atoms with E-state index >= 15 is 0 Å². The first-order chi connectivity index (χ1) is 8.79. The van der Waals surface area contributed by atoms with E-state index in [9.17, 15) is 12.8 Å². The number of hydrogen-bond donors (Lipinski definition) is 2. The molecule has 4 N–H and O–H groups in total. The molecule has 0 radical (unpaired) electrons. The zero-order chi connectivity index (χ0) is 14.2. The lowest BCUT2D eigenvalue weighted by molar-refractivity contribution is 0.593. The highest BCUT2D eigenvalue weighted by molar-refractivity contribution is 7.90. The van der Waals surface area contributed by atoms with Gasteiger partial charge in [0.2, 0.25) is 9.84 Å². The van der Waals surface area contributed by atoms with E-state index in [1.165, 1.54) is 24.3 Å². The first-order valence-electron chi connectivity index (χ1n) is 5.18. The molecule has 1 aromatic heterocycles. The fourth-order valence-corrected chi connectivity index (χ4v) is 2.08. The van der Waals surface area contributed by atoms with Crippen LogP contribution < -0.4 is 11.5 Å². The Morgan fingerprint density at radius 3 is 1.95 bits per heavy atom. The van der Waals surface area contributed by atoms with Crippen LogP contribution in [0.1, 0.15) is 0 Å². The van der Waals surface area contributed by atoms with Gasteiger partial charge < -0.3 is 11.5 Å². The van der Waals surface area contributed by atoms with Gasteiger partial charge in [-0.2, -0.15) is 0 Å². The molecule has 2 rings (SSSR count). The molecule has 1 aromatic carbocycles. The maximum atomic E-state index is 12.9. The van der Waals surface area contributed by atoms with E-state index in [0.717, 1.165) is 6.26 Å². The molecule has 0 bridgehead atoms. The molecule has 100 valence electrons. The second kappa shape index (κ2) is 4.47. The van der Waals surface area contributed by atoms with Gasteiger partial charge in [0.1, 0.15) is 17.5 Å². The molecule has 1 heterocycles. The zero-order valence-electron chi connectivity index (χ0n) is 9.96. The summed E-state index contributed by atoms with van der Waals surface area (Å²) in [4.78, 5) is 7.42. The molecule has 0 aliphatic carbocycles. The molecule has 2 aromatic rings. The number of benzene rings is 1. The fraction of sp³-hybridized carbons (Fsp3) is 0.0909. The second-order valence-electron chi connectivity index (χ2n) is 3.93. The van der Waals surface area contributed by atoms with E-state index in [4.69, 9.17) is 11.5 Å². The van der Waals surface area contributed by atoms with E-state index in [1.54, 1.807) is 0 Å². The lowest BCUT2D eigenvalue weighted by atomic mass is 10.1. The van der Waals surface area contributed by atoms with Crippen molar-refractivity contribution in [1.29, 1.82) is 0 Å². The largest absolute Gasteiger partial charge is 0.383 e. The molecular weight excluding hydrogens is 271 g/mol. The molecule has 0 saturated heterocycles. The minimum Gasteiger partial charge on any atom is -0.383 e. The van der Waals surface area contributed by atoms with E-state index < -0.39 is 20.8 Å². The van der Waals surface area contributed by atoms with Gasteiger partial charge in [0, 0.05) is 6.26 Å². The average molecular weight is 282 g/mol. The van der Waals surface area contributed by atoms with Crippen molar-refractivity contribution in [2.24, 2.45) is 0 Å². The number of hydrogen-bond acceptors (Lipinski definition) is 6. The van der Waals surface area contributed by atoms with Gasteiger partial charge in [-0.05, 0) is 17.7 Å². The number of nitrogens with two attached hydrogens (primary N) is 2. The number of nitrogen functional groups attached to an aromatic ring is 2. The van der Waals surface area contributed by atoms with Gasteiger partial charge in [0.15, 0.2) is 0 Å². The van der Waals surface area contributed by atoms with Gasteiger partial charge in [0.05, 0.1) is 5.56 Å². The summed E-state index contributed by atoms with van der Waals surface area (Å²) in [7, 11) is -3.60. The van der Waals surface area contributed by atoms with Crippen molar-refractivity contribution in [3.05, 3.63) is 30.1 Å². The summed E-state index contributed by atoms with van der Waals surface area (Å²) in [6.45, 7) is 0. The maximum absolute atomic E-state index is 12.9. The first-order valence-corrected chi connectivity index (χ1v) is 7.07. The van der Waals surface area contributed by atoms with Gasteiger partial charge in [0.25, 0.3) is 5.16 Å². The normalized spacial score (nSPS) is 11.5. The predicted molar refractivity (Wildman–Crippen MR) is 69.4 cm³/mol. The van der Waals surface area contributed by atoms with Crippen molar-refractivity contribution in [2.75, 3.05) is 17.7 Å². The summed E-state index contributed by atoms with van der Waals surface area (Å²) < 4.78 is 35.5. The SMILES string of the molecule is CS(=O)(=O)c1nc(N)c(-c2ccc(F)cc2)c(N)n1. The van der Waals surface area contributed by atoms with Crippen molar-refractivity contribution in [1.82, 2.24) is 9.97 Å². The molecular formula is C11H11FN4O2S. The standard InChI is InChI=1S/C11H11FN4O2S/c1-19(17,18)11-15-9(13)8(10(14)16-11)6-2-4-7(12)5-3-6/h2-5H,1H3,(H4,13,14,15,16). The lowest BCUT2D eigenvalue weighted by Gasteiger charge is -2.09. The molecule has 0 atom stereocenters. The van der Waals surface area contributed by atoms with Crippen molar-refractivity contribution in [3.8, 4) is 11.1 Å². The topological polar surface area (TPSA) is 112 Å². The summed E-state index contributed by atoms with van der Waals surface area (Å²) >= 11 is 0. The maximum Gasteiger partial charge on any atom is 0.250 e. The van der Waals surface area contributed by atoms with Crippen molar-refractivity contribution in [3.63, 3.8) is 0 Å². The fourth-order valence-electron chi connectivity index (χ4n) is 1.55. The second-order valence-corrected chi connectivity index (χ2v) is 5.84.